The molecule has 3 rings (SSSR count). The Hall–Kier alpha value is -1.48. The van der Waals surface area contributed by atoms with Gasteiger partial charge in [0, 0.05) is 5.69 Å². The van der Waals surface area contributed by atoms with Crippen LogP contribution >= 0.6 is 11.8 Å². The number of likely N-dealkylation sites (tertiary alicyclic amines) is 1. The molecule has 0 bridgehead atoms. The van der Waals surface area contributed by atoms with Gasteiger partial charge in [-0.2, -0.15) is 0 Å². The van der Waals surface area contributed by atoms with Gasteiger partial charge in [0.05, 0.1) is 38.5 Å². The fraction of sp³-hybridized carbons (Fsp3) is 0.579. The molecule has 1 aliphatic heterocycles. The molecule has 0 amide bonds. The second-order valence-electron chi connectivity index (χ2n) is 7.03. The van der Waals surface area contributed by atoms with E-state index in [0.29, 0.717) is 6.54 Å². The summed E-state index contributed by atoms with van der Waals surface area (Å²) in [6.07, 6.45) is 3.83. The van der Waals surface area contributed by atoms with Crippen LogP contribution in [-0.4, -0.2) is 58.4 Å². The number of aliphatic hydroxyl groups excluding tert-OH is 1. The number of aromatic nitrogens is 3. The van der Waals surface area contributed by atoms with Crippen LogP contribution in [0.15, 0.2) is 29.4 Å². The van der Waals surface area contributed by atoms with Gasteiger partial charge in [-0.15, -0.1) is 10.2 Å². The average Bonchev–Trinajstić information content (AvgIpc) is 3.12. The monoisotopic (exact) mass is 395 g/mol. The Balaban J connectivity index is 1.82. The number of rotatable bonds is 9. The van der Waals surface area contributed by atoms with Gasteiger partial charge < -0.3 is 15.3 Å². The molecular weight excluding hydrogens is 365 g/mol. The minimum atomic E-state index is -0.240. The zero-order chi connectivity index (χ0) is 19.1. The van der Waals surface area contributed by atoms with Gasteiger partial charge >= 0.3 is 0 Å². The molecule has 6 nitrogen and oxygen atoms in total. The molecule has 8 heteroatoms. The van der Waals surface area contributed by atoms with Crippen LogP contribution in [-0.2, 0) is 0 Å². The topological polar surface area (TPSA) is 72.0 Å². The van der Waals surface area contributed by atoms with E-state index in [-0.39, 0.29) is 18.5 Å². The highest BCUT2D eigenvalue weighted by molar-refractivity contribution is 7.99. The molecule has 0 saturated carbocycles. The van der Waals surface area contributed by atoms with Crippen molar-refractivity contribution in [1.82, 2.24) is 14.8 Å². The number of thioether (sulfide) groups is 1. The van der Waals surface area contributed by atoms with Gasteiger partial charge in [0.1, 0.15) is 11.9 Å². The number of piperidine rings is 1. The maximum Gasteiger partial charge on any atom is 0.196 e. The number of aliphatic hydroxyl groups is 1. The molecule has 0 spiro atoms. The molecular formula is C19H30FN5OS+2. The number of benzene rings is 1. The number of quaternary nitrogens is 2. The van der Waals surface area contributed by atoms with E-state index >= 15 is 0 Å². The van der Waals surface area contributed by atoms with Crippen molar-refractivity contribution in [2.45, 2.75) is 37.4 Å². The van der Waals surface area contributed by atoms with Crippen molar-refractivity contribution in [2.24, 2.45) is 0 Å². The van der Waals surface area contributed by atoms with E-state index in [2.05, 4.69) is 27.0 Å². The van der Waals surface area contributed by atoms with Crippen LogP contribution in [0.5, 0.6) is 0 Å². The minimum Gasteiger partial charge on any atom is -0.391 e. The number of hydrogen-bond donors (Lipinski definition) is 3. The normalized spacial score (nSPS) is 16.6. The van der Waals surface area contributed by atoms with Gasteiger partial charge in [0.25, 0.3) is 0 Å². The number of nitrogens with two attached hydrogens (primary N) is 1. The van der Waals surface area contributed by atoms with Crippen molar-refractivity contribution in [3.63, 3.8) is 0 Å². The Bertz CT molecular complexity index is 703. The Morgan fingerprint density at radius 3 is 2.63 bits per heavy atom. The lowest BCUT2D eigenvalue weighted by Gasteiger charge is -2.29. The lowest BCUT2D eigenvalue weighted by Crippen LogP contribution is -3.12. The zero-order valence-corrected chi connectivity index (χ0v) is 16.7. The summed E-state index contributed by atoms with van der Waals surface area (Å²) in [5.41, 5.74) is 0.904. The van der Waals surface area contributed by atoms with Crippen molar-refractivity contribution in [3.05, 3.63) is 35.9 Å². The van der Waals surface area contributed by atoms with Gasteiger partial charge in [-0.3, -0.25) is 4.57 Å². The average molecular weight is 396 g/mol. The maximum absolute atomic E-state index is 13.4. The fourth-order valence-electron chi connectivity index (χ4n) is 3.58. The molecule has 1 atom stereocenters. The van der Waals surface area contributed by atoms with Crippen LogP contribution in [0.3, 0.4) is 0 Å². The minimum absolute atomic E-state index is 0.191. The van der Waals surface area contributed by atoms with Gasteiger partial charge in [-0.1, -0.05) is 11.8 Å². The van der Waals surface area contributed by atoms with Crippen LogP contribution < -0.4 is 10.2 Å². The van der Waals surface area contributed by atoms with Crippen molar-refractivity contribution in [3.8, 4) is 5.69 Å². The summed E-state index contributed by atoms with van der Waals surface area (Å²) in [5, 5.41) is 20.8. The number of nitrogens with one attached hydrogen (secondary N) is 1. The number of nitrogens with zero attached hydrogens (tertiary/aromatic N) is 3. The molecule has 0 unspecified atom stereocenters. The van der Waals surface area contributed by atoms with E-state index in [0.717, 1.165) is 42.1 Å². The lowest BCUT2D eigenvalue weighted by atomic mass is 10.1. The van der Waals surface area contributed by atoms with E-state index in [1.54, 1.807) is 28.8 Å². The summed E-state index contributed by atoms with van der Waals surface area (Å²) in [5.74, 6) is 1.58. The molecule has 2 aromatic rings. The summed E-state index contributed by atoms with van der Waals surface area (Å²) in [7, 11) is 0. The molecule has 148 valence electrons. The molecule has 1 aromatic heterocycles. The smallest absolute Gasteiger partial charge is 0.196 e. The Morgan fingerprint density at radius 1 is 1.19 bits per heavy atom. The molecule has 1 fully saturated rings. The zero-order valence-electron chi connectivity index (χ0n) is 15.9. The third kappa shape index (κ3) is 5.28. The molecule has 1 aliphatic rings. The SMILES string of the molecule is C[C@H](c1nnc(SCC[NH2+]CCO)n1-c1ccc(F)cc1)[NH+]1CCCCC1. The van der Waals surface area contributed by atoms with Crippen molar-refractivity contribution in [2.75, 3.05) is 38.5 Å². The van der Waals surface area contributed by atoms with Crippen LogP contribution in [0.4, 0.5) is 4.39 Å². The van der Waals surface area contributed by atoms with Gasteiger partial charge in [-0.25, -0.2) is 4.39 Å². The molecule has 2 heterocycles. The highest BCUT2D eigenvalue weighted by atomic mass is 32.2. The first kappa shape index (κ1) is 20.3. The van der Waals surface area contributed by atoms with E-state index in [1.807, 2.05) is 0 Å². The van der Waals surface area contributed by atoms with Crippen molar-refractivity contribution in [1.29, 1.82) is 0 Å². The van der Waals surface area contributed by atoms with Crippen molar-refractivity contribution < 1.29 is 19.7 Å². The van der Waals surface area contributed by atoms with E-state index in [1.165, 1.54) is 31.4 Å². The standard InChI is InChI=1S/C19H28FN5OS/c1-15(24-11-3-2-4-12-24)18-22-23-19(27-14-10-21-9-13-26)25(18)17-7-5-16(20)6-8-17/h5-8,15,21,26H,2-4,9-14H2,1H3/p+2/t15-/m1/s1. The van der Waals surface area contributed by atoms with E-state index in [4.69, 9.17) is 5.11 Å². The summed E-state index contributed by atoms with van der Waals surface area (Å²) in [6.45, 7) is 6.35. The summed E-state index contributed by atoms with van der Waals surface area (Å²) < 4.78 is 15.5. The molecule has 1 aromatic carbocycles. The molecule has 0 radical (unpaired) electrons. The highest BCUT2D eigenvalue weighted by Crippen LogP contribution is 2.24. The molecule has 1 saturated heterocycles. The largest absolute Gasteiger partial charge is 0.391 e. The van der Waals surface area contributed by atoms with Gasteiger partial charge in [0.2, 0.25) is 0 Å². The van der Waals surface area contributed by atoms with Crippen LogP contribution in [0.25, 0.3) is 5.69 Å². The van der Waals surface area contributed by atoms with Crippen molar-refractivity contribution >= 4 is 11.8 Å². The first-order chi connectivity index (χ1) is 13.2. The van der Waals surface area contributed by atoms with E-state index in [9.17, 15) is 4.39 Å². The molecule has 4 N–H and O–H groups in total. The fourth-order valence-corrected chi connectivity index (χ4v) is 4.47. The lowest BCUT2D eigenvalue weighted by molar-refractivity contribution is -0.935. The number of halogens is 1. The summed E-state index contributed by atoms with van der Waals surface area (Å²) >= 11 is 1.65. The van der Waals surface area contributed by atoms with Crippen LogP contribution in [0.1, 0.15) is 38.1 Å². The summed E-state index contributed by atoms with van der Waals surface area (Å²) in [4.78, 5) is 1.55. The quantitative estimate of drug-likeness (QED) is 0.419. The Morgan fingerprint density at radius 2 is 1.93 bits per heavy atom. The Kier molecular flexibility index (Phi) is 7.63. The Labute approximate surface area is 164 Å². The van der Waals surface area contributed by atoms with Gasteiger partial charge in [0.15, 0.2) is 11.0 Å². The third-order valence-electron chi connectivity index (χ3n) is 5.13. The second-order valence-corrected chi connectivity index (χ2v) is 8.09. The first-order valence-electron chi connectivity index (χ1n) is 9.82. The summed E-state index contributed by atoms with van der Waals surface area (Å²) in [6, 6.07) is 6.81. The first-order valence-corrected chi connectivity index (χ1v) is 10.8. The maximum atomic E-state index is 13.4. The predicted molar refractivity (Wildman–Crippen MR) is 104 cm³/mol. The number of hydrogen-bond acceptors (Lipinski definition) is 4. The molecule has 27 heavy (non-hydrogen) atoms. The van der Waals surface area contributed by atoms with Crippen LogP contribution in [0, 0.1) is 5.82 Å². The highest BCUT2D eigenvalue weighted by Gasteiger charge is 2.28. The predicted octanol–water partition coefficient (Wildman–Crippen LogP) is 0.184. The van der Waals surface area contributed by atoms with Crippen LogP contribution in [0.2, 0.25) is 0 Å². The van der Waals surface area contributed by atoms with Gasteiger partial charge in [-0.05, 0) is 50.5 Å². The second kappa shape index (κ2) is 10.2. The van der Waals surface area contributed by atoms with E-state index < -0.39 is 0 Å². The third-order valence-corrected chi connectivity index (χ3v) is 6.09. The molecule has 0 aliphatic carbocycles.